The minimum atomic E-state index is 0. The lowest BCUT2D eigenvalue weighted by Gasteiger charge is -2.23. The van der Waals surface area contributed by atoms with Crippen LogP contribution in [0.5, 0.6) is 0 Å². The fourth-order valence-electron chi connectivity index (χ4n) is 2.83. The number of nitrogens with zero attached hydrogens (tertiary/aromatic N) is 1. The summed E-state index contributed by atoms with van der Waals surface area (Å²) in [5.74, 6) is 0. The average molecular weight is 346 g/mol. The zero-order chi connectivity index (χ0) is 16.5. The van der Waals surface area contributed by atoms with E-state index in [9.17, 15) is 0 Å². The van der Waals surface area contributed by atoms with E-state index in [0.29, 0.717) is 0 Å². The number of allylic oxidation sites excluding steroid dienone is 2. The van der Waals surface area contributed by atoms with Gasteiger partial charge in [-0.15, -0.1) is 0 Å². The number of halogens is 1. The molecular formula is C21H44ClN. The molecule has 0 saturated carbocycles. The predicted octanol–water partition coefficient (Wildman–Crippen LogP) is 3.73. The SMILES string of the molecule is CCCCCCCCC=CCCCCCCCC[N+](C)(C)C.[Cl-]. The molecule has 0 aliphatic heterocycles. The summed E-state index contributed by atoms with van der Waals surface area (Å²) in [6.07, 6.45) is 24.4. The van der Waals surface area contributed by atoms with Crippen molar-refractivity contribution in [2.75, 3.05) is 27.7 Å². The van der Waals surface area contributed by atoms with Crippen LogP contribution in [0.25, 0.3) is 0 Å². The van der Waals surface area contributed by atoms with Crippen molar-refractivity contribution < 1.29 is 16.9 Å². The van der Waals surface area contributed by atoms with Gasteiger partial charge in [0.15, 0.2) is 0 Å². The molecular weight excluding hydrogens is 302 g/mol. The summed E-state index contributed by atoms with van der Waals surface area (Å²) in [7, 11) is 6.87. The Morgan fingerprint density at radius 3 is 1.39 bits per heavy atom. The van der Waals surface area contributed by atoms with Crippen LogP contribution in [-0.2, 0) is 0 Å². The van der Waals surface area contributed by atoms with E-state index in [1.807, 2.05) is 0 Å². The van der Waals surface area contributed by atoms with Crippen LogP contribution in [0, 0.1) is 0 Å². The fourth-order valence-corrected chi connectivity index (χ4v) is 2.83. The molecule has 0 aromatic rings. The van der Waals surface area contributed by atoms with Crippen LogP contribution in [0.4, 0.5) is 0 Å². The molecule has 0 unspecified atom stereocenters. The number of hydrogen-bond acceptors (Lipinski definition) is 0. The molecule has 0 saturated heterocycles. The van der Waals surface area contributed by atoms with Crippen molar-refractivity contribution in [1.82, 2.24) is 0 Å². The lowest BCUT2D eigenvalue weighted by atomic mass is 10.1. The van der Waals surface area contributed by atoms with Crippen LogP contribution in [-0.4, -0.2) is 32.2 Å². The third kappa shape index (κ3) is 24.4. The highest BCUT2D eigenvalue weighted by molar-refractivity contribution is 4.81. The third-order valence-electron chi connectivity index (χ3n) is 4.34. The molecule has 0 N–H and O–H groups in total. The van der Waals surface area contributed by atoms with Crippen molar-refractivity contribution in [3.8, 4) is 0 Å². The van der Waals surface area contributed by atoms with Gasteiger partial charge in [-0.2, -0.15) is 0 Å². The fraction of sp³-hybridized carbons (Fsp3) is 0.905. The first kappa shape index (κ1) is 25.2. The first-order chi connectivity index (χ1) is 10.6. The first-order valence-electron chi connectivity index (χ1n) is 10.0. The molecule has 0 fully saturated rings. The van der Waals surface area contributed by atoms with Gasteiger partial charge in [-0.3, -0.25) is 0 Å². The first-order valence-corrected chi connectivity index (χ1v) is 10.0. The molecule has 0 amide bonds. The Balaban J connectivity index is 0. The monoisotopic (exact) mass is 345 g/mol. The lowest BCUT2D eigenvalue weighted by Crippen LogP contribution is -3.00. The van der Waals surface area contributed by atoms with E-state index in [0.717, 1.165) is 4.48 Å². The van der Waals surface area contributed by atoms with Crippen molar-refractivity contribution in [2.24, 2.45) is 0 Å². The predicted molar refractivity (Wildman–Crippen MR) is 102 cm³/mol. The van der Waals surface area contributed by atoms with Crippen molar-refractivity contribution >= 4 is 0 Å². The molecule has 140 valence electrons. The van der Waals surface area contributed by atoms with E-state index >= 15 is 0 Å². The largest absolute Gasteiger partial charge is 1.00 e. The summed E-state index contributed by atoms with van der Waals surface area (Å²) in [6.45, 7) is 3.61. The van der Waals surface area contributed by atoms with Crippen LogP contribution >= 0.6 is 0 Å². The number of unbranched alkanes of at least 4 members (excludes halogenated alkanes) is 12. The maximum Gasteiger partial charge on any atom is 0.0780 e. The lowest BCUT2D eigenvalue weighted by molar-refractivity contribution is -0.870. The second-order valence-corrected chi connectivity index (χ2v) is 7.95. The molecule has 0 bridgehead atoms. The average Bonchev–Trinajstić information content (AvgIpc) is 2.45. The van der Waals surface area contributed by atoms with Gasteiger partial charge in [0.25, 0.3) is 0 Å². The van der Waals surface area contributed by atoms with Gasteiger partial charge in [0, 0.05) is 0 Å². The maximum atomic E-state index is 2.42. The second-order valence-electron chi connectivity index (χ2n) is 7.95. The number of quaternary nitrogens is 1. The van der Waals surface area contributed by atoms with Crippen LogP contribution in [0.2, 0.25) is 0 Å². The van der Waals surface area contributed by atoms with Gasteiger partial charge in [0.1, 0.15) is 0 Å². The highest BCUT2D eigenvalue weighted by Crippen LogP contribution is 2.10. The van der Waals surface area contributed by atoms with Gasteiger partial charge >= 0.3 is 0 Å². The van der Waals surface area contributed by atoms with E-state index in [4.69, 9.17) is 0 Å². The van der Waals surface area contributed by atoms with E-state index in [2.05, 4.69) is 40.2 Å². The summed E-state index contributed by atoms with van der Waals surface area (Å²) >= 11 is 0. The number of rotatable bonds is 16. The molecule has 0 radical (unpaired) electrons. The molecule has 0 aliphatic carbocycles. The van der Waals surface area contributed by atoms with Crippen LogP contribution in [0.1, 0.15) is 96.8 Å². The topological polar surface area (TPSA) is 0 Å². The minimum absolute atomic E-state index is 0. The highest BCUT2D eigenvalue weighted by Gasteiger charge is 2.04. The van der Waals surface area contributed by atoms with Gasteiger partial charge < -0.3 is 16.9 Å². The molecule has 23 heavy (non-hydrogen) atoms. The Morgan fingerprint density at radius 2 is 0.957 bits per heavy atom. The Labute approximate surface area is 153 Å². The normalized spacial score (nSPS) is 11.8. The summed E-state index contributed by atoms with van der Waals surface area (Å²) in [4.78, 5) is 0. The number of hydrogen-bond donors (Lipinski definition) is 0. The molecule has 1 nitrogen and oxygen atoms in total. The van der Waals surface area contributed by atoms with E-state index in [-0.39, 0.29) is 12.4 Å². The summed E-state index contributed by atoms with van der Waals surface area (Å²) in [5, 5.41) is 0. The van der Waals surface area contributed by atoms with E-state index in [1.165, 1.54) is 96.4 Å². The van der Waals surface area contributed by atoms with Gasteiger partial charge in [-0.25, -0.2) is 0 Å². The molecule has 0 aromatic heterocycles. The van der Waals surface area contributed by atoms with Gasteiger partial charge in [-0.1, -0.05) is 70.4 Å². The van der Waals surface area contributed by atoms with Crippen molar-refractivity contribution in [3.05, 3.63) is 12.2 Å². The van der Waals surface area contributed by atoms with E-state index < -0.39 is 0 Å². The molecule has 2 heteroatoms. The minimum Gasteiger partial charge on any atom is -1.00 e. The van der Waals surface area contributed by atoms with Gasteiger partial charge in [-0.05, 0) is 38.5 Å². The molecule has 0 rings (SSSR count). The Kier molecular flexibility index (Phi) is 20.1. The Bertz CT molecular complexity index is 243. The van der Waals surface area contributed by atoms with Crippen molar-refractivity contribution in [2.45, 2.75) is 96.8 Å². The third-order valence-corrected chi connectivity index (χ3v) is 4.34. The summed E-state index contributed by atoms with van der Waals surface area (Å²) in [6, 6.07) is 0. The zero-order valence-corrected chi connectivity index (χ0v) is 17.3. The molecule has 0 spiro atoms. The highest BCUT2D eigenvalue weighted by atomic mass is 35.5. The Hall–Kier alpha value is -0.0100. The van der Waals surface area contributed by atoms with Gasteiger partial charge in [0.2, 0.25) is 0 Å². The molecule has 0 aliphatic rings. The summed E-state index contributed by atoms with van der Waals surface area (Å²) < 4.78 is 1.11. The van der Waals surface area contributed by atoms with Crippen LogP contribution in [0.3, 0.4) is 0 Å². The van der Waals surface area contributed by atoms with Crippen molar-refractivity contribution in [1.29, 1.82) is 0 Å². The smallest absolute Gasteiger partial charge is 0.0780 e. The molecule has 0 heterocycles. The second kappa shape index (κ2) is 18.3. The standard InChI is InChI=1S/C21H44N.ClH/c1-5-6-7-8-9-10-11-12-13-14-15-16-17-18-19-20-21-22(2,3)4;/h12-13H,5-11,14-21H2,1-4H3;1H/q+1;/p-1. The molecule has 0 atom stereocenters. The van der Waals surface area contributed by atoms with Gasteiger partial charge in [0.05, 0.1) is 27.7 Å². The van der Waals surface area contributed by atoms with E-state index in [1.54, 1.807) is 0 Å². The maximum absolute atomic E-state index is 2.42. The molecule has 0 aromatic carbocycles. The van der Waals surface area contributed by atoms with Crippen LogP contribution < -0.4 is 12.4 Å². The quantitative estimate of drug-likeness (QED) is 0.227. The van der Waals surface area contributed by atoms with Crippen LogP contribution in [0.15, 0.2) is 12.2 Å². The zero-order valence-electron chi connectivity index (χ0n) is 16.6. The summed E-state index contributed by atoms with van der Waals surface area (Å²) in [5.41, 5.74) is 0. The van der Waals surface area contributed by atoms with Crippen molar-refractivity contribution in [3.63, 3.8) is 0 Å². The Morgan fingerprint density at radius 1 is 0.565 bits per heavy atom.